The SMILES string of the molecule is CCC(CC(C)(C)C(=O)OCCC[Si](OC)(OC)OC)c1ccc(N(c2ccc(OC)cc2)c2cccc(OC)c2)cc1. The minimum Gasteiger partial charge on any atom is -0.497 e. The summed E-state index contributed by atoms with van der Waals surface area (Å²) in [6.45, 7) is 6.37. The van der Waals surface area contributed by atoms with Crippen LogP contribution in [0.15, 0.2) is 72.8 Å². The van der Waals surface area contributed by atoms with Gasteiger partial charge in [-0.05, 0) is 93.1 Å². The van der Waals surface area contributed by atoms with Gasteiger partial charge in [-0.15, -0.1) is 0 Å². The van der Waals surface area contributed by atoms with Crippen LogP contribution in [-0.4, -0.2) is 56.9 Å². The van der Waals surface area contributed by atoms with Crippen molar-refractivity contribution in [2.75, 3.05) is 47.1 Å². The number of benzene rings is 3. The first-order chi connectivity index (χ1) is 20.6. The molecule has 0 spiro atoms. The lowest BCUT2D eigenvalue weighted by atomic mass is 9.79. The van der Waals surface area contributed by atoms with Crippen molar-refractivity contribution in [3.63, 3.8) is 0 Å². The third-order valence-electron chi connectivity index (χ3n) is 7.86. The summed E-state index contributed by atoms with van der Waals surface area (Å²) in [6, 6.07) is 25.1. The van der Waals surface area contributed by atoms with E-state index in [1.807, 2.05) is 56.3 Å². The molecule has 1 atom stereocenters. The van der Waals surface area contributed by atoms with Crippen LogP contribution in [0.4, 0.5) is 17.1 Å². The highest BCUT2D eigenvalue weighted by molar-refractivity contribution is 6.60. The molecule has 0 fully saturated rings. The van der Waals surface area contributed by atoms with Gasteiger partial charge < -0.3 is 32.4 Å². The molecule has 0 radical (unpaired) electrons. The van der Waals surface area contributed by atoms with E-state index in [1.165, 1.54) is 5.56 Å². The Morgan fingerprint density at radius 2 is 1.37 bits per heavy atom. The average Bonchev–Trinajstić information content (AvgIpc) is 3.05. The highest BCUT2D eigenvalue weighted by Crippen LogP contribution is 2.39. The molecule has 0 aromatic heterocycles. The number of carbonyl (C=O) groups excluding carboxylic acids is 1. The third-order valence-corrected chi connectivity index (χ3v) is 10.7. The van der Waals surface area contributed by atoms with Gasteiger partial charge in [-0.2, -0.15) is 0 Å². The van der Waals surface area contributed by atoms with Gasteiger partial charge in [0.05, 0.1) is 26.2 Å². The maximum atomic E-state index is 13.1. The molecular weight excluding hydrogens is 562 g/mol. The lowest BCUT2D eigenvalue weighted by Crippen LogP contribution is -2.42. The van der Waals surface area contributed by atoms with Crippen molar-refractivity contribution in [2.45, 2.75) is 52.0 Å². The average molecular weight is 610 g/mol. The molecule has 9 heteroatoms. The molecule has 0 aliphatic carbocycles. The smallest absolute Gasteiger partial charge is 0.497 e. The van der Waals surface area contributed by atoms with Crippen LogP contribution in [0.3, 0.4) is 0 Å². The molecule has 0 aliphatic heterocycles. The molecule has 0 heterocycles. The topological polar surface area (TPSA) is 75.7 Å². The van der Waals surface area contributed by atoms with E-state index >= 15 is 0 Å². The Labute approximate surface area is 258 Å². The zero-order chi connectivity index (χ0) is 31.5. The molecule has 3 aromatic carbocycles. The number of methoxy groups -OCH3 is 2. The van der Waals surface area contributed by atoms with E-state index in [9.17, 15) is 4.79 Å². The summed E-state index contributed by atoms with van der Waals surface area (Å²) in [6.07, 6.45) is 2.19. The monoisotopic (exact) mass is 609 g/mol. The molecule has 0 bridgehead atoms. The first kappa shape index (κ1) is 34.1. The quantitative estimate of drug-likeness (QED) is 0.0869. The summed E-state index contributed by atoms with van der Waals surface area (Å²) >= 11 is 0. The van der Waals surface area contributed by atoms with Gasteiger partial charge >= 0.3 is 14.8 Å². The Hall–Kier alpha value is -3.37. The predicted octanol–water partition coefficient (Wildman–Crippen LogP) is 7.89. The second-order valence-corrected chi connectivity index (χ2v) is 14.1. The molecule has 43 heavy (non-hydrogen) atoms. The third kappa shape index (κ3) is 8.83. The van der Waals surface area contributed by atoms with E-state index in [4.69, 9.17) is 27.5 Å². The van der Waals surface area contributed by atoms with Crippen molar-refractivity contribution >= 4 is 31.8 Å². The summed E-state index contributed by atoms with van der Waals surface area (Å²) in [5, 5.41) is 0. The fraction of sp³-hybridized carbons (Fsp3) is 0.441. The summed E-state index contributed by atoms with van der Waals surface area (Å²) in [5.74, 6) is 1.57. The molecule has 0 aliphatic rings. The minimum atomic E-state index is -2.68. The summed E-state index contributed by atoms with van der Waals surface area (Å²) in [4.78, 5) is 15.3. The number of hydrogen-bond acceptors (Lipinski definition) is 8. The van der Waals surface area contributed by atoms with Crippen molar-refractivity contribution in [3.8, 4) is 11.5 Å². The standard InChI is InChI=1S/C34H47NO7Si/c1-9-26(25-34(2,3)33(36)42-22-11-23-43(39-6,40-7)41-8)27-14-16-28(17-15-27)35(29-18-20-31(37-4)21-19-29)30-12-10-13-32(24-30)38-5/h10,12-21,24,26H,9,11,22-23,25H2,1-8H3. The van der Waals surface area contributed by atoms with Crippen molar-refractivity contribution in [1.29, 1.82) is 0 Å². The van der Waals surface area contributed by atoms with Gasteiger partial charge in [0.15, 0.2) is 0 Å². The Kier molecular flexibility index (Phi) is 12.6. The first-order valence-corrected chi connectivity index (χ1v) is 16.6. The Morgan fingerprint density at radius 3 is 1.91 bits per heavy atom. The van der Waals surface area contributed by atoms with Crippen molar-refractivity contribution < 1.29 is 32.3 Å². The summed E-state index contributed by atoms with van der Waals surface area (Å²) in [7, 11) is 5.40. The van der Waals surface area contributed by atoms with Gasteiger partial charge in [0, 0.05) is 50.5 Å². The highest BCUT2D eigenvalue weighted by atomic mass is 28.4. The molecule has 8 nitrogen and oxygen atoms in total. The van der Waals surface area contributed by atoms with Gasteiger partial charge in [0.2, 0.25) is 0 Å². The van der Waals surface area contributed by atoms with Gasteiger partial charge in [-0.3, -0.25) is 4.79 Å². The number of esters is 1. The van der Waals surface area contributed by atoms with Crippen LogP contribution < -0.4 is 14.4 Å². The molecule has 3 aromatic rings. The van der Waals surface area contributed by atoms with Gasteiger partial charge in [0.25, 0.3) is 0 Å². The van der Waals surface area contributed by atoms with Crippen LogP contribution >= 0.6 is 0 Å². The molecule has 234 valence electrons. The van der Waals surface area contributed by atoms with Crippen molar-refractivity contribution in [1.82, 2.24) is 0 Å². The normalized spacial score (nSPS) is 12.5. The number of nitrogens with zero attached hydrogens (tertiary/aromatic N) is 1. The van der Waals surface area contributed by atoms with Crippen LogP contribution in [0.1, 0.15) is 51.5 Å². The maximum Gasteiger partial charge on any atom is 0.500 e. The Morgan fingerprint density at radius 1 is 0.791 bits per heavy atom. The zero-order valence-corrected chi connectivity index (χ0v) is 27.8. The number of anilines is 3. The second kappa shape index (κ2) is 15.9. The molecule has 1 unspecified atom stereocenters. The van der Waals surface area contributed by atoms with Crippen LogP contribution in [0.25, 0.3) is 0 Å². The predicted molar refractivity (Wildman–Crippen MR) is 173 cm³/mol. The number of hydrogen-bond donors (Lipinski definition) is 0. The van der Waals surface area contributed by atoms with Crippen molar-refractivity contribution in [3.05, 3.63) is 78.4 Å². The van der Waals surface area contributed by atoms with E-state index in [0.717, 1.165) is 35.0 Å². The fourth-order valence-corrected chi connectivity index (χ4v) is 6.92. The van der Waals surface area contributed by atoms with E-state index in [-0.39, 0.29) is 11.9 Å². The maximum absolute atomic E-state index is 13.1. The van der Waals surface area contributed by atoms with Gasteiger partial charge in [-0.1, -0.05) is 25.1 Å². The van der Waals surface area contributed by atoms with Crippen molar-refractivity contribution in [2.24, 2.45) is 5.41 Å². The van der Waals surface area contributed by atoms with E-state index in [1.54, 1.807) is 35.5 Å². The largest absolute Gasteiger partial charge is 0.500 e. The summed E-state index contributed by atoms with van der Waals surface area (Å²) in [5.41, 5.74) is 3.53. The molecule has 0 N–H and O–H groups in total. The molecule has 0 saturated heterocycles. The molecule has 0 amide bonds. The zero-order valence-electron chi connectivity index (χ0n) is 26.8. The van der Waals surface area contributed by atoms with Crippen LogP contribution in [0, 0.1) is 5.41 Å². The Balaban J connectivity index is 1.75. The number of ether oxygens (including phenoxy) is 3. The van der Waals surface area contributed by atoms with Crippen LogP contribution in [-0.2, 0) is 22.8 Å². The van der Waals surface area contributed by atoms with Gasteiger partial charge in [-0.25, -0.2) is 0 Å². The first-order valence-electron chi connectivity index (χ1n) is 14.7. The minimum absolute atomic E-state index is 0.193. The van der Waals surface area contributed by atoms with E-state index in [0.29, 0.717) is 25.5 Å². The van der Waals surface area contributed by atoms with E-state index in [2.05, 4.69) is 42.2 Å². The van der Waals surface area contributed by atoms with E-state index < -0.39 is 14.2 Å². The van der Waals surface area contributed by atoms with Crippen LogP contribution in [0.5, 0.6) is 11.5 Å². The molecule has 3 rings (SSSR count). The lowest BCUT2D eigenvalue weighted by molar-refractivity contribution is -0.154. The molecule has 0 saturated carbocycles. The second-order valence-electron chi connectivity index (χ2n) is 11.1. The Bertz CT molecular complexity index is 1270. The van der Waals surface area contributed by atoms with Gasteiger partial charge in [0.1, 0.15) is 11.5 Å². The highest BCUT2D eigenvalue weighted by Gasteiger charge is 2.37. The number of rotatable bonds is 17. The lowest BCUT2D eigenvalue weighted by Gasteiger charge is -2.29. The fourth-order valence-electron chi connectivity index (χ4n) is 5.23. The summed E-state index contributed by atoms with van der Waals surface area (Å²) < 4.78 is 33.0. The number of carbonyl (C=O) groups is 1. The van der Waals surface area contributed by atoms with Crippen LogP contribution in [0.2, 0.25) is 6.04 Å². The molecular formula is C34H47NO7Si.